The van der Waals surface area contributed by atoms with Gasteiger partial charge in [0.1, 0.15) is 11.3 Å². The Labute approximate surface area is 103 Å². The van der Waals surface area contributed by atoms with Crippen molar-refractivity contribution in [3.05, 3.63) is 48.7 Å². The van der Waals surface area contributed by atoms with Gasteiger partial charge in [-0.1, -0.05) is 12.6 Å². The molecule has 0 aliphatic heterocycles. The number of hydrogen-bond acceptors (Lipinski definition) is 4. The zero-order valence-electron chi connectivity index (χ0n) is 9.59. The van der Waals surface area contributed by atoms with E-state index in [4.69, 9.17) is 5.73 Å². The predicted octanol–water partition coefficient (Wildman–Crippen LogP) is 2.89. The van der Waals surface area contributed by atoms with Gasteiger partial charge >= 0.3 is 0 Å². The molecular formula is C14H11N3O. The highest BCUT2D eigenvalue weighted by molar-refractivity contribution is 6.08. The van der Waals surface area contributed by atoms with E-state index in [1.165, 1.54) is 0 Å². The summed E-state index contributed by atoms with van der Waals surface area (Å²) in [6.07, 6.45) is 1.68. The molecule has 0 bridgehead atoms. The molecule has 0 unspecified atom stereocenters. The summed E-state index contributed by atoms with van der Waals surface area (Å²) in [7, 11) is 0. The second kappa shape index (κ2) is 3.70. The summed E-state index contributed by atoms with van der Waals surface area (Å²) in [5.74, 6) is 0.444. The summed E-state index contributed by atoms with van der Waals surface area (Å²) >= 11 is 0. The van der Waals surface area contributed by atoms with Gasteiger partial charge in [0.25, 0.3) is 0 Å². The fourth-order valence-corrected chi connectivity index (χ4v) is 2.04. The highest BCUT2D eigenvalue weighted by Gasteiger charge is 2.08. The van der Waals surface area contributed by atoms with E-state index in [9.17, 15) is 5.11 Å². The maximum absolute atomic E-state index is 9.45. The second-order valence-electron chi connectivity index (χ2n) is 4.08. The van der Waals surface area contributed by atoms with Crippen LogP contribution < -0.4 is 5.73 Å². The Kier molecular flexibility index (Phi) is 2.16. The summed E-state index contributed by atoms with van der Waals surface area (Å²) in [5, 5.41) is 11.3. The lowest BCUT2D eigenvalue weighted by Crippen LogP contribution is -1.95. The smallest absolute Gasteiger partial charge is 0.150 e. The molecular weight excluding hydrogens is 226 g/mol. The van der Waals surface area contributed by atoms with Gasteiger partial charge in [0.2, 0.25) is 0 Å². The van der Waals surface area contributed by atoms with Gasteiger partial charge in [0.05, 0.1) is 5.52 Å². The molecule has 4 nitrogen and oxygen atoms in total. The summed E-state index contributed by atoms with van der Waals surface area (Å²) in [5.41, 5.74) is 7.99. The minimum atomic E-state index is 0.0331. The molecule has 18 heavy (non-hydrogen) atoms. The lowest BCUT2D eigenvalue weighted by atomic mass is 10.1. The van der Waals surface area contributed by atoms with Crippen LogP contribution in [0, 0.1) is 0 Å². The van der Waals surface area contributed by atoms with Crippen molar-refractivity contribution >= 4 is 33.4 Å². The highest BCUT2D eigenvalue weighted by atomic mass is 16.3. The summed E-state index contributed by atoms with van der Waals surface area (Å²) in [6.45, 7) is 3.52. The molecule has 88 valence electrons. The number of aliphatic hydroxyl groups excluding tert-OH is 1. The Bertz CT molecular complexity index is 780. The van der Waals surface area contributed by atoms with Crippen molar-refractivity contribution in [1.29, 1.82) is 0 Å². The lowest BCUT2D eigenvalue weighted by molar-refractivity contribution is 0.514. The molecule has 0 spiro atoms. The van der Waals surface area contributed by atoms with Gasteiger partial charge in [-0.15, -0.1) is 0 Å². The van der Waals surface area contributed by atoms with Crippen LogP contribution in [0.3, 0.4) is 0 Å². The number of fused-ring (bicyclic) bond motifs is 3. The maximum Gasteiger partial charge on any atom is 0.150 e. The normalized spacial score (nSPS) is 10.9. The fourth-order valence-electron chi connectivity index (χ4n) is 2.04. The van der Waals surface area contributed by atoms with Crippen LogP contribution in [0.5, 0.6) is 0 Å². The molecule has 0 atom stereocenters. The molecule has 3 N–H and O–H groups in total. The molecule has 0 radical (unpaired) electrons. The number of nitrogens with two attached hydrogens (primary N) is 1. The maximum atomic E-state index is 9.45. The van der Waals surface area contributed by atoms with Gasteiger partial charge in [0, 0.05) is 22.5 Å². The average molecular weight is 237 g/mol. The van der Waals surface area contributed by atoms with Crippen molar-refractivity contribution < 1.29 is 5.11 Å². The van der Waals surface area contributed by atoms with Crippen molar-refractivity contribution in [1.82, 2.24) is 9.97 Å². The second-order valence-corrected chi connectivity index (χ2v) is 4.08. The molecule has 2 heterocycles. The van der Waals surface area contributed by atoms with Crippen LogP contribution in [0.4, 0.5) is 5.82 Å². The average Bonchev–Trinajstić information content (AvgIpc) is 2.38. The zero-order chi connectivity index (χ0) is 12.7. The van der Waals surface area contributed by atoms with Crippen LogP contribution in [0.25, 0.3) is 27.6 Å². The van der Waals surface area contributed by atoms with Gasteiger partial charge in [-0.3, -0.25) is 4.98 Å². The summed E-state index contributed by atoms with van der Waals surface area (Å²) < 4.78 is 0. The van der Waals surface area contributed by atoms with Gasteiger partial charge in [-0.2, -0.15) is 0 Å². The number of nitrogens with zero attached hydrogens (tertiary/aromatic N) is 2. The monoisotopic (exact) mass is 237 g/mol. The first-order valence-electron chi connectivity index (χ1n) is 5.49. The number of aliphatic hydroxyl groups is 1. The number of benzene rings is 1. The van der Waals surface area contributed by atoms with Crippen LogP contribution in [-0.2, 0) is 0 Å². The van der Waals surface area contributed by atoms with E-state index in [-0.39, 0.29) is 5.76 Å². The summed E-state index contributed by atoms with van der Waals surface area (Å²) in [4.78, 5) is 8.54. The molecule has 0 fully saturated rings. The first-order valence-corrected chi connectivity index (χ1v) is 5.49. The molecule has 1 aromatic carbocycles. The first-order chi connectivity index (χ1) is 8.66. The lowest BCUT2D eigenvalue weighted by Gasteiger charge is -2.07. The third kappa shape index (κ3) is 1.47. The standard InChI is InChI=1S/C14H11N3O/c1-8(18)9-4-5-12-11(7-9)10-3-2-6-16-13(10)14(15)17-12/h2-7,18H,1H2,(H2,15,17). The molecule has 0 saturated carbocycles. The highest BCUT2D eigenvalue weighted by Crippen LogP contribution is 2.27. The fraction of sp³-hybridized carbons (Fsp3) is 0. The molecule has 0 amide bonds. The minimum absolute atomic E-state index is 0.0331. The molecule has 0 saturated heterocycles. The number of hydrogen-bond donors (Lipinski definition) is 2. The van der Waals surface area contributed by atoms with Crippen molar-refractivity contribution in [2.45, 2.75) is 0 Å². The van der Waals surface area contributed by atoms with E-state index in [1.807, 2.05) is 24.3 Å². The van der Waals surface area contributed by atoms with Gasteiger partial charge in [0.15, 0.2) is 5.82 Å². The number of aromatic nitrogens is 2. The topological polar surface area (TPSA) is 72.0 Å². The van der Waals surface area contributed by atoms with Crippen molar-refractivity contribution in [2.24, 2.45) is 0 Å². The zero-order valence-corrected chi connectivity index (χ0v) is 9.59. The minimum Gasteiger partial charge on any atom is -0.508 e. The van der Waals surface area contributed by atoms with Crippen LogP contribution in [0.2, 0.25) is 0 Å². The van der Waals surface area contributed by atoms with Crippen LogP contribution >= 0.6 is 0 Å². The quantitative estimate of drug-likeness (QED) is 0.504. The van der Waals surface area contributed by atoms with E-state index in [0.29, 0.717) is 16.9 Å². The van der Waals surface area contributed by atoms with Crippen LogP contribution in [0.1, 0.15) is 5.56 Å². The number of nitrogen functional groups attached to an aromatic ring is 1. The number of rotatable bonds is 1. The van der Waals surface area contributed by atoms with Crippen molar-refractivity contribution in [2.75, 3.05) is 5.73 Å². The van der Waals surface area contributed by atoms with E-state index < -0.39 is 0 Å². The Morgan fingerprint density at radius 1 is 1.22 bits per heavy atom. The third-order valence-electron chi connectivity index (χ3n) is 2.91. The Balaban J connectivity index is 2.50. The molecule has 3 rings (SSSR count). The predicted molar refractivity (Wildman–Crippen MR) is 73.1 cm³/mol. The molecule has 0 aliphatic rings. The van der Waals surface area contributed by atoms with Gasteiger partial charge in [-0.05, 0) is 24.3 Å². The molecule has 4 heteroatoms. The van der Waals surface area contributed by atoms with Crippen molar-refractivity contribution in [3.8, 4) is 0 Å². The van der Waals surface area contributed by atoms with Crippen LogP contribution in [0.15, 0.2) is 43.1 Å². The SMILES string of the molecule is C=C(O)c1ccc2nc(N)c3ncccc3c2c1. The first kappa shape index (κ1) is 10.5. The van der Waals surface area contributed by atoms with Crippen molar-refractivity contribution in [3.63, 3.8) is 0 Å². The molecule has 0 aliphatic carbocycles. The van der Waals surface area contributed by atoms with Crippen LogP contribution in [-0.4, -0.2) is 15.1 Å². The van der Waals surface area contributed by atoms with E-state index in [0.717, 1.165) is 16.3 Å². The van der Waals surface area contributed by atoms with E-state index >= 15 is 0 Å². The van der Waals surface area contributed by atoms with E-state index in [2.05, 4.69) is 16.5 Å². The molecule has 2 aromatic heterocycles. The number of anilines is 1. The Morgan fingerprint density at radius 2 is 2.06 bits per heavy atom. The Morgan fingerprint density at radius 3 is 2.83 bits per heavy atom. The number of pyridine rings is 2. The van der Waals surface area contributed by atoms with Gasteiger partial charge in [-0.25, -0.2) is 4.98 Å². The van der Waals surface area contributed by atoms with E-state index in [1.54, 1.807) is 12.3 Å². The Hall–Kier alpha value is -2.62. The largest absolute Gasteiger partial charge is 0.508 e. The third-order valence-corrected chi connectivity index (χ3v) is 2.91. The van der Waals surface area contributed by atoms with Gasteiger partial charge < -0.3 is 10.8 Å². The molecule has 3 aromatic rings. The summed E-state index contributed by atoms with van der Waals surface area (Å²) in [6, 6.07) is 9.20.